The van der Waals surface area contributed by atoms with Crippen molar-refractivity contribution in [2.45, 2.75) is 83.8 Å². The van der Waals surface area contributed by atoms with Crippen molar-refractivity contribution in [2.24, 2.45) is 0 Å². The van der Waals surface area contributed by atoms with Gasteiger partial charge in [0.25, 0.3) is 5.91 Å². The molecule has 7 heteroatoms. The van der Waals surface area contributed by atoms with E-state index in [2.05, 4.69) is 24.1 Å². The molecular formula is C25H38N4O3. The maximum atomic E-state index is 13.7. The second-order valence-corrected chi connectivity index (χ2v) is 9.56. The van der Waals surface area contributed by atoms with Gasteiger partial charge in [-0.15, -0.1) is 0 Å². The highest BCUT2D eigenvalue weighted by Crippen LogP contribution is 2.33. The molecule has 0 aromatic carbocycles. The zero-order chi connectivity index (χ0) is 22.7. The van der Waals surface area contributed by atoms with Crippen LogP contribution in [0.15, 0.2) is 22.8 Å². The molecule has 0 bridgehead atoms. The summed E-state index contributed by atoms with van der Waals surface area (Å²) in [6.07, 6.45) is 9.34. The summed E-state index contributed by atoms with van der Waals surface area (Å²) in [6.45, 7) is 10.1. The number of fused-ring (bicyclic) bond motifs is 3. The smallest absolute Gasteiger partial charge is 0.271 e. The second kappa shape index (κ2) is 9.69. The zero-order valence-electron chi connectivity index (χ0n) is 19.9. The average molecular weight is 443 g/mol. The lowest BCUT2D eigenvalue weighted by atomic mass is 9.93. The summed E-state index contributed by atoms with van der Waals surface area (Å²) >= 11 is 0. The normalized spacial score (nSPS) is 22.4. The topological polar surface area (TPSA) is 70.7 Å². The molecule has 1 saturated carbocycles. The predicted molar refractivity (Wildman–Crippen MR) is 126 cm³/mol. The largest absolute Gasteiger partial charge is 0.463 e. The van der Waals surface area contributed by atoms with E-state index in [0.717, 1.165) is 57.3 Å². The number of aromatic nitrogens is 1. The van der Waals surface area contributed by atoms with Crippen molar-refractivity contribution in [1.29, 1.82) is 0 Å². The predicted octanol–water partition coefficient (Wildman–Crippen LogP) is 4.02. The van der Waals surface area contributed by atoms with Gasteiger partial charge in [0.2, 0.25) is 5.91 Å². The van der Waals surface area contributed by atoms with Crippen LogP contribution in [-0.2, 0) is 11.3 Å². The van der Waals surface area contributed by atoms with Crippen LogP contribution in [-0.4, -0.2) is 63.9 Å². The van der Waals surface area contributed by atoms with Crippen LogP contribution in [0.5, 0.6) is 0 Å². The van der Waals surface area contributed by atoms with Gasteiger partial charge < -0.3 is 24.1 Å². The maximum Gasteiger partial charge on any atom is 0.271 e. The number of furan rings is 1. The van der Waals surface area contributed by atoms with Crippen molar-refractivity contribution in [3.8, 4) is 0 Å². The minimum atomic E-state index is -0.928. The second-order valence-electron chi connectivity index (χ2n) is 9.56. The molecule has 1 unspecified atom stereocenters. The van der Waals surface area contributed by atoms with Crippen LogP contribution < -0.4 is 5.32 Å². The van der Waals surface area contributed by atoms with Gasteiger partial charge in [-0.1, -0.05) is 39.5 Å². The van der Waals surface area contributed by atoms with E-state index < -0.39 is 5.54 Å². The molecule has 1 fully saturated rings. The van der Waals surface area contributed by atoms with Gasteiger partial charge in [0.05, 0.1) is 18.3 Å². The fourth-order valence-corrected chi connectivity index (χ4v) is 5.38. The standard InChI is InChI=1S/C25H38N4O3/c1-4-27(5-2)14-10-15-29-23(30)21-17-22-20(13-16-32-22)28(21)18-25(29,3)24(31)26-19-11-8-6-7-9-12-19/h13,16-17,19H,4-12,14-15,18H2,1-3H3,(H,26,31). The van der Waals surface area contributed by atoms with E-state index in [9.17, 15) is 9.59 Å². The van der Waals surface area contributed by atoms with E-state index in [0.29, 0.717) is 24.4 Å². The van der Waals surface area contributed by atoms with Crippen LogP contribution >= 0.6 is 0 Å². The first-order valence-corrected chi connectivity index (χ1v) is 12.4. The molecule has 0 spiro atoms. The lowest BCUT2D eigenvalue weighted by molar-refractivity contribution is -0.133. The molecule has 4 rings (SSSR count). The molecule has 3 heterocycles. The first kappa shape index (κ1) is 22.9. The molecule has 2 aromatic heterocycles. The number of nitrogens with zero attached hydrogens (tertiary/aromatic N) is 3. The molecule has 7 nitrogen and oxygen atoms in total. The van der Waals surface area contributed by atoms with Crippen molar-refractivity contribution in [1.82, 2.24) is 19.7 Å². The summed E-state index contributed by atoms with van der Waals surface area (Å²) in [5.74, 6) is -0.114. The Labute approximate surface area is 191 Å². The van der Waals surface area contributed by atoms with Gasteiger partial charge in [0.15, 0.2) is 5.58 Å². The van der Waals surface area contributed by atoms with Gasteiger partial charge in [-0.3, -0.25) is 9.59 Å². The molecule has 1 atom stereocenters. The summed E-state index contributed by atoms with van der Waals surface area (Å²) in [6, 6.07) is 3.90. The zero-order valence-corrected chi connectivity index (χ0v) is 19.9. The Hall–Kier alpha value is -2.28. The van der Waals surface area contributed by atoms with Crippen LogP contribution in [0.2, 0.25) is 0 Å². The highest BCUT2D eigenvalue weighted by Gasteiger charge is 2.48. The van der Waals surface area contributed by atoms with E-state index >= 15 is 0 Å². The lowest BCUT2D eigenvalue weighted by Crippen LogP contribution is -2.65. The third kappa shape index (κ3) is 4.32. The summed E-state index contributed by atoms with van der Waals surface area (Å²) in [4.78, 5) is 31.5. The first-order chi connectivity index (χ1) is 15.5. The van der Waals surface area contributed by atoms with E-state index in [-0.39, 0.29) is 17.9 Å². The third-order valence-corrected chi connectivity index (χ3v) is 7.48. The highest BCUT2D eigenvalue weighted by atomic mass is 16.3. The van der Waals surface area contributed by atoms with Gasteiger partial charge in [-0.05, 0) is 45.8 Å². The van der Waals surface area contributed by atoms with E-state index in [1.807, 2.05) is 28.5 Å². The van der Waals surface area contributed by atoms with Crippen LogP contribution in [0.1, 0.15) is 76.2 Å². The summed E-state index contributed by atoms with van der Waals surface area (Å²) in [5, 5.41) is 3.33. The Balaban J connectivity index is 1.60. The number of amides is 2. The number of nitrogens with one attached hydrogen (secondary N) is 1. The number of hydrogen-bond acceptors (Lipinski definition) is 4. The molecule has 2 aliphatic rings. The Bertz CT molecular complexity index is 936. The molecule has 0 saturated heterocycles. The lowest BCUT2D eigenvalue weighted by Gasteiger charge is -2.44. The molecule has 32 heavy (non-hydrogen) atoms. The molecule has 1 aliphatic carbocycles. The Kier molecular flexibility index (Phi) is 6.93. The molecule has 1 N–H and O–H groups in total. The van der Waals surface area contributed by atoms with E-state index in [1.165, 1.54) is 12.8 Å². The summed E-state index contributed by atoms with van der Waals surface area (Å²) < 4.78 is 7.53. The SMILES string of the molecule is CCN(CC)CCCN1C(=O)c2cc3occc3n2CC1(C)C(=O)NC1CCCCCC1. The highest BCUT2D eigenvalue weighted by molar-refractivity contribution is 6.02. The third-order valence-electron chi connectivity index (χ3n) is 7.48. The average Bonchev–Trinajstić information content (AvgIpc) is 3.28. The van der Waals surface area contributed by atoms with Gasteiger partial charge >= 0.3 is 0 Å². The van der Waals surface area contributed by atoms with Gasteiger partial charge in [-0.25, -0.2) is 0 Å². The van der Waals surface area contributed by atoms with Gasteiger partial charge in [0, 0.05) is 24.7 Å². The van der Waals surface area contributed by atoms with Crippen molar-refractivity contribution >= 4 is 22.9 Å². The monoisotopic (exact) mass is 442 g/mol. The van der Waals surface area contributed by atoms with Crippen molar-refractivity contribution in [3.05, 3.63) is 24.1 Å². The van der Waals surface area contributed by atoms with Crippen LogP contribution in [0, 0.1) is 0 Å². The van der Waals surface area contributed by atoms with Gasteiger partial charge in [-0.2, -0.15) is 0 Å². The van der Waals surface area contributed by atoms with E-state index in [1.54, 1.807) is 6.26 Å². The Morgan fingerprint density at radius 3 is 2.62 bits per heavy atom. The number of carbonyl (C=O) groups excluding carboxylic acids is 2. The number of carbonyl (C=O) groups is 2. The summed E-state index contributed by atoms with van der Waals surface area (Å²) in [7, 11) is 0. The number of hydrogen-bond donors (Lipinski definition) is 1. The molecule has 2 aromatic rings. The van der Waals surface area contributed by atoms with E-state index in [4.69, 9.17) is 4.42 Å². The molecule has 2 amide bonds. The Morgan fingerprint density at radius 1 is 1.22 bits per heavy atom. The van der Waals surface area contributed by atoms with Crippen molar-refractivity contribution in [2.75, 3.05) is 26.2 Å². The van der Waals surface area contributed by atoms with Crippen molar-refractivity contribution < 1.29 is 14.0 Å². The summed E-state index contributed by atoms with van der Waals surface area (Å²) in [5.41, 5.74) is 1.26. The quantitative estimate of drug-likeness (QED) is 0.627. The molecule has 1 aliphatic heterocycles. The van der Waals surface area contributed by atoms with Crippen molar-refractivity contribution in [3.63, 3.8) is 0 Å². The fraction of sp³-hybridized carbons (Fsp3) is 0.680. The van der Waals surface area contributed by atoms with Crippen LogP contribution in [0.4, 0.5) is 0 Å². The van der Waals surface area contributed by atoms with Crippen LogP contribution in [0.3, 0.4) is 0 Å². The Morgan fingerprint density at radius 2 is 1.94 bits per heavy atom. The molecular weight excluding hydrogens is 404 g/mol. The molecule has 176 valence electrons. The van der Waals surface area contributed by atoms with Crippen LogP contribution in [0.25, 0.3) is 11.1 Å². The fourth-order valence-electron chi connectivity index (χ4n) is 5.38. The van der Waals surface area contributed by atoms with Gasteiger partial charge in [0.1, 0.15) is 11.2 Å². The molecule has 0 radical (unpaired) electrons. The number of rotatable bonds is 8. The minimum Gasteiger partial charge on any atom is -0.463 e. The first-order valence-electron chi connectivity index (χ1n) is 12.4. The maximum absolute atomic E-state index is 13.7. The minimum absolute atomic E-state index is 0.0309.